The van der Waals surface area contributed by atoms with E-state index in [9.17, 15) is 13.2 Å². The van der Waals surface area contributed by atoms with Crippen molar-refractivity contribution >= 4 is 15.9 Å². The maximum Gasteiger partial charge on any atom is 0.573 e. The van der Waals surface area contributed by atoms with Crippen LogP contribution in [0.1, 0.15) is 17.3 Å². The van der Waals surface area contributed by atoms with Crippen LogP contribution in [0.15, 0.2) is 27.1 Å². The normalized spacial score (nSPS) is 11.5. The molecule has 21 heavy (non-hydrogen) atoms. The van der Waals surface area contributed by atoms with Crippen molar-refractivity contribution in [2.75, 3.05) is 0 Å². The predicted octanol–water partition coefficient (Wildman–Crippen LogP) is 4.53. The molecule has 0 N–H and O–H groups in total. The van der Waals surface area contributed by atoms with Gasteiger partial charge in [-0.05, 0) is 48.0 Å². The van der Waals surface area contributed by atoms with E-state index in [-0.39, 0.29) is 16.8 Å². The smallest absolute Gasteiger partial charge is 0.484 e. The van der Waals surface area contributed by atoms with E-state index in [1.807, 2.05) is 6.92 Å². The second-order valence-electron chi connectivity index (χ2n) is 4.18. The molecule has 0 unspecified atom stereocenters. The molecular formula is C13H11BrF3NO3. The van der Waals surface area contributed by atoms with Crippen LogP contribution in [0.4, 0.5) is 13.2 Å². The monoisotopic (exact) mass is 365 g/mol. The van der Waals surface area contributed by atoms with Crippen molar-refractivity contribution in [1.29, 1.82) is 0 Å². The highest BCUT2D eigenvalue weighted by atomic mass is 79.9. The summed E-state index contributed by atoms with van der Waals surface area (Å²) in [5.41, 5.74) is 0.767. The lowest BCUT2D eigenvalue weighted by Gasteiger charge is -2.11. The van der Waals surface area contributed by atoms with Gasteiger partial charge in [0.2, 0.25) is 5.89 Å². The summed E-state index contributed by atoms with van der Waals surface area (Å²) < 4.78 is 51.1. The van der Waals surface area contributed by atoms with E-state index < -0.39 is 6.36 Å². The molecule has 4 nitrogen and oxygen atoms in total. The number of oxazole rings is 1. The average molecular weight is 366 g/mol. The van der Waals surface area contributed by atoms with E-state index >= 15 is 0 Å². The van der Waals surface area contributed by atoms with E-state index in [0.717, 1.165) is 5.69 Å². The zero-order valence-electron chi connectivity index (χ0n) is 11.1. The lowest BCUT2D eigenvalue weighted by Crippen LogP contribution is -2.17. The number of benzene rings is 1. The van der Waals surface area contributed by atoms with Gasteiger partial charge in [0, 0.05) is 0 Å². The first-order chi connectivity index (χ1) is 9.74. The highest BCUT2D eigenvalue weighted by molar-refractivity contribution is 9.10. The van der Waals surface area contributed by atoms with Crippen LogP contribution in [-0.2, 0) is 6.61 Å². The lowest BCUT2D eigenvalue weighted by atomic mass is 10.3. The summed E-state index contributed by atoms with van der Waals surface area (Å²) in [6.07, 6.45) is -4.74. The quantitative estimate of drug-likeness (QED) is 0.798. The van der Waals surface area contributed by atoms with Crippen LogP contribution < -0.4 is 9.47 Å². The van der Waals surface area contributed by atoms with Crippen molar-refractivity contribution in [2.24, 2.45) is 0 Å². The molecule has 0 aliphatic heterocycles. The molecule has 0 radical (unpaired) electrons. The fourth-order valence-electron chi connectivity index (χ4n) is 1.52. The molecule has 0 saturated heterocycles. The molecule has 1 heterocycles. The molecule has 0 aliphatic carbocycles. The van der Waals surface area contributed by atoms with Crippen molar-refractivity contribution in [3.8, 4) is 11.5 Å². The van der Waals surface area contributed by atoms with Crippen LogP contribution in [0.5, 0.6) is 11.5 Å². The summed E-state index contributed by atoms with van der Waals surface area (Å²) in [6.45, 7) is 3.68. The first-order valence-corrected chi connectivity index (χ1v) is 6.65. The van der Waals surface area contributed by atoms with Gasteiger partial charge in [0.25, 0.3) is 0 Å². The number of aromatic nitrogens is 1. The molecular weight excluding hydrogens is 355 g/mol. The molecule has 2 aromatic rings. The molecule has 0 fully saturated rings. The third-order valence-corrected chi connectivity index (χ3v) is 3.18. The number of halogens is 4. The highest BCUT2D eigenvalue weighted by Gasteiger charge is 2.32. The van der Waals surface area contributed by atoms with E-state index in [1.54, 1.807) is 6.92 Å². The molecule has 0 amide bonds. The molecule has 0 aliphatic rings. The van der Waals surface area contributed by atoms with E-state index in [0.29, 0.717) is 17.4 Å². The number of rotatable bonds is 4. The summed E-state index contributed by atoms with van der Waals surface area (Å²) >= 11 is 3.00. The van der Waals surface area contributed by atoms with Crippen molar-refractivity contribution in [2.45, 2.75) is 26.8 Å². The van der Waals surface area contributed by atoms with Gasteiger partial charge in [0.15, 0.2) is 6.61 Å². The van der Waals surface area contributed by atoms with Gasteiger partial charge in [0.05, 0.1) is 10.2 Å². The molecule has 1 aromatic heterocycles. The fourth-order valence-corrected chi connectivity index (χ4v) is 1.96. The Hall–Kier alpha value is -1.70. The van der Waals surface area contributed by atoms with Crippen LogP contribution in [0.3, 0.4) is 0 Å². The number of alkyl halides is 3. The summed E-state index contributed by atoms with van der Waals surface area (Å²) in [5, 5.41) is 0. The zero-order chi connectivity index (χ0) is 15.6. The molecule has 8 heteroatoms. The number of nitrogens with zero attached hydrogens (tertiary/aromatic N) is 1. The minimum Gasteiger partial charge on any atom is -0.484 e. The Morgan fingerprint density at radius 2 is 2.00 bits per heavy atom. The van der Waals surface area contributed by atoms with Gasteiger partial charge in [-0.3, -0.25) is 0 Å². The van der Waals surface area contributed by atoms with Gasteiger partial charge in [-0.1, -0.05) is 0 Å². The zero-order valence-corrected chi connectivity index (χ0v) is 12.7. The maximum absolute atomic E-state index is 12.1. The van der Waals surface area contributed by atoms with Crippen molar-refractivity contribution < 1.29 is 27.1 Å². The summed E-state index contributed by atoms with van der Waals surface area (Å²) in [5.74, 6) is 1.13. The Kier molecular flexibility index (Phi) is 4.46. The van der Waals surface area contributed by atoms with Gasteiger partial charge >= 0.3 is 6.36 Å². The second-order valence-corrected chi connectivity index (χ2v) is 5.03. The van der Waals surface area contributed by atoms with Crippen molar-refractivity contribution in [3.05, 3.63) is 40.0 Å². The predicted molar refractivity (Wildman–Crippen MR) is 71.1 cm³/mol. The minimum atomic E-state index is -4.74. The molecule has 0 bridgehead atoms. The van der Waals surface area contributed by atoms with E-state index in [2.05, 4.69) is 25.7 Å². The minimum absolute atomic E-state index is 0.0839. The third-order valence-electron chi connectivity index (χ3n) is 2.56. The number of hydrogen-bond acceptors (Lipinski definition) is 4. The van der Waals surface area contributed by atoms with Crippen molar-refractivity contribution in [3.63, 3.8) is 0 Å². The Morgan fingerprint density at radius 3 is 2.52 bits per heavy atom. The standard InChI is InChI=1S/C13H11BrF3NO3/c1-7-8(2)20-12(18-7)6-19-9-3-4-11(10(14)5-9)21-13(15,16)17/h3-5H,6H2,1-2H3. The summed E-state index contributed by atoms with van der Waals surface area (Å²) in [6, 6.07) is 3.91. The second kappa shape index (κ2) is 5.97. The number of aryl methyl sites for hydroxylation is 2. The Labute approximate surface area is 127 Å². The van der Waals surface area contributed by atoms with Crippen LogP contribution in [0.25, 0.3) is 0 Å². The first-order valence-electron chi connectivity index (χ1n) is 5.85. The highest BCUT2D eigenvalue weighted by Crippen LogP contribution is 2.33. The first kappa shape index (κ1) is 15.7. The molecule has 0 spiro atoms. The van der Waals surface area contributed by atoms with Crippen LogP contribution >= 0.6 is 15.9 Å². The summed E-state index contributed by atoms with van der Waals surface area (Å²) in [7, 11) is 0. The van der Waals surface area contributed by atoms with Gasteiger partial charge in [-0.25, -0.2) is 4.98 Å². The molecule has 2 rings (SSSR count). The lowest BCUT2D eigenvalue weighted by molar-refractivity contribution is -0.274. The van der Waals surface area contributed by atoms with Crippen LogP contribution in [-0.4, -0.2) is 11.3 Å². The Balaban J connectivity index is 2.03. The average Bonchev–Trinajstić information content (AvgIpc) is 2.68. The SMILES string of the molecule is Cc1nc(COc2ccc(OC(F)(F)F)c(Br)c2)oc1C. The van der Waals surface area contributed by atoms with Crippen LogP contribution in [0, 0.1) is 13.8 Å². The van der Waals surface area contributed by atoms with E-state index in [1.165, 1.54) is 18.2 Å². The van der Waals surface area contributed by atoms with Gasteiger partial charge < -0.3 is 13.9 Å². The Bertz CT molecular complexity index is 621. The van der Waals surface area contributed by atoms with Gasteiger partial charge in [0.1, 0.15) is 17.3 Å². The van der Waals surface area contributed by atoms with Crippen molar-refractivity contribution in [1.82, 2.24) is 4.98 Å². The molecule has 1 aromatic carbocycles. The third kappa shape index (κ3) is 4.38. The van der Waals surface area contributed by atoms with Crippen LogP contribution in [0.2, 0.25) is 0 Å². The molecule has 0 saturated carbocycles. The van der Waals surface area contributed by atoms with Gasteiger partial charge in [-0.15, -0.1) is 13.2 Å². The molecule has 114 valence electrons. The topological polar surface area (TPSA) is 44.5 Å². The Morgan fingerprint density at radius 1 is 1.29 bits per heavy atom. The largest absolute Gasteiger partial charge is 0.573 e. The number of hydrogen-bond donors (Lipinski definition) is 0. The number of ether oxygens (including phenoxy) is 2. The fraction of sp³-hybridized carbons (Fsp3) is 0.308. The maximum atomic E-state index is 12.1. The van der Waals surface area contributed by atoms with E-state index in [4.69, 9.17) is 9.15 Å². The summed E-state index contributed by atoms with van der Waals surface area (Å²) in [4.78, 5) is 4.14. The van der Waals surface area contributed by atoms with Gasteiger partial charge in [-0.2, -0.15) is 0 Å². The molecule has 0 atom stereocenters.